The number of aromatic nitrogens is 1. The molecular weight excluding hydrogens is 605 g/mol. The van der Waals surface area contributed by atoms with Crippen molar-refractivity contribution in [2.45, 2.75) is 45.2 Å². The molecule has 1 aromatic carbocycles. The molecule has 1 aliphatic heterocycles. The van der Waals surface area contributed by atoms with Gasteiger partial charge in [0.15, 0.2) is 5.56 Å². The van der Waals surface area contributed by atoms with E-state index in [9.17, 15) is 9.18 Å². The zero-order valence-corrected chi connectivity index (χ0v) is 22.7. The average Bonchev–Trinajstić information content (AvgIpc) is 3.39. The molecular formula is C23H33FN4OU. The summed E-state index contributed by atoms with van der Waals surface area (Å²) in [5.41, 5.74) is 8.29. The number of benzene rings is 1. The minimum atomic E-state index is -0.234. The number of pyridine rings is 1. The van der Waals surface area contributed by atoms with Gasteiger partial charge in [-0.2, -0.15) is 0 Å². The second kappa shape index (κ2) is 10.6. The fourth-order valence-corrected chi connectivity index (χ4v) is 4.00. The van der Waals surface area contributed by atoms with Crippen molar-refractivity contribution in [3.63, 3.8) is 0 Å². The van der Waals surface area contributed by atoms with E-state index in [1.54, 1.807) is 0 Å². The number of aryl methyl sites for hydroxylation is 1. The van der Waals surface area contributed by atoms with E-state index in [1.165, 1.54) is 12.1 Å². The van der Waals surface area contributed by atoms with Crippen LogP contribution in [-0.2, 0) is 0 Å². The van der Waals surface area contributed by atoms with E-state index in [1.807, 2.05) is 37.4 Å². The quantitative estimate of drug-likeness (QED) is 0.524. The molecule has 0 amide bonds. The Balaban J connectivity index is 0.000000482. The number of halogens is 1. The minimum Gasteiger partial charge on any atom is -0.386 e. The van der Waals surface area contributed by atoms with E-state index < -0.39 is 0 Å². The van der Waals surface area contributed by atoms with Crippen LogP contribution in [-0.4, -0.2) is 49.2 Å². The van der Waals surface area contributed by atoms with E-state index in [-0.39, 0.29) is 54.6 Å². The Labute approximate surface area is 203 Å². The monoisotopic (exact) mass is 638 g/mol. The molecule has 1 saturated heterocycles. The predicted molar refractivity (Wildman–Crippen MR) is 118 cm³/mol. The van der Waals surface area contributed by atoms with Crippen LogP contribution in [0.25, 0.3) is 10.9 Å². The molecule has 30 heavy (non-hydrogen) atoms. The second-order valence-electron chi connectivity index (χ2n) is 8.61. The number of hydrogen-bond donors (Lipinski definition) is 1. The van der Waals surface area contributed by atoms with Crippen LogP contribution in [0.1, 0.15) is 37.8 Å². The number of anilines is 1. The maximum atomic E-state index is 14.8. The fraction of sp³-hybridized carbons (Fsp3) is 0.565. The molecule has 0 bridgehead atoms. The molecule has 0 radical (unpaired) electrons. The molecule has 2 N–H and O–H groups in total. The first-order valence-electron chi connectivity index (χ1n) is 10.4. The van der Waals surface area contributed by atoms with Crippen molar-refractivity contribution >= 4 is 16.6 Å². The summed E-state index contributed by atoms with van der Waals surface area (Å²) in [6.07, 6.45) is 3.01. The van der Waals surface area contributed by atoms with E-state index >= 15 is 0 Å². The van der Waals surface area contributed by atoms with Gasteiger partial charge >= 0.3 is 31.1 Å². The van der Waals surface area contributed by atoms with Crippen LogP contribution in [0.4, 0.5) is 10.1 Å². The van der Waals surface area contributed by atoms with Crippen LogP contribution in [0.3, 0.4) is 0 Å². The Morgan fingerprint density at radius 3 is 2.50 bits per heavy atom. The maximum Gasteiger partial charge on any atom is 2.00 e. The molecule has 5 nitrogen and oxygen atoms in total. The van der Waals surface area contributed by atoms with Crippen molar-refractivity contribution in [3.05, 3.63) is 46.9 Å². The van der Waals surface area contributed by atoms with Gasteiger partial charge in [0.1, 0.15) is 5.82 Å². The van der Waals surface area contributed by atoms with Gasteiger partial charge in [0.25, 0.3) is 0 Å². The average molecular weight is 639 g/mol. The molecule has 1 aromatic heterocycles. The van der Waals surface area contributed by atoms with E-state index in [0.29, 0.717) is 17.0 Å². The number of rotatable bonds is 4. The summed E-state index contributed by atoms with van der Waals surface area (Å²) in [5.74, 6) is 0.148. The minimum absolute atomic E-state index is 0. The Morgan fingerprint density at radius 1 is 1.37 bits per heavy atom. The summed E-state index contributed by atoms with van der Waals surface area (Å²) < 4.78 is 16.7. The van der Waals surface area contributed by atoms with Crippen LogP contribution in [0.2, 0.25) is 0 Å². The summed E-state index contributed by atoms with van der Waals surface area (Å²) in [5, 5.41) is 0.684. The number of nitrogens with zero attached hydrogens (tertiary/aromatic N) is 3. The van der Waals surface area contributed by atoms with E-state index in [4.69, 9.17) is 5.73 Å². The predicted octanol–water partition coefficient (Wildman–Crippen LogP) is 3.14. The standard InChI is InChI=1S/C19H23FN3O.C4H10N.U/c1-11-18-13(3-6-17(24)23(18)15-4-5-15)9-16(20)19(11)22-8-7-14(10-22)12(2)21;1-4-5(2)3;/h6,9,12,14-15H,4-5,7-8,10,21H2,1-2H3;1,4H2,2-3H3;/q2*-1;+2/t12-,14+;;/m0../s1. The number of fused-ring (bicyclic) bond motifs is 1. The summed E-state index contributed by atoms with van der Waals surface area (Å²) >= 11 is 0. The van der Waals surface area contributed by atoms with Crippen molar-refractivity contribution in [3.8, 4) is 0 Å². The Morgan fingerprint density at radius 2 is 2.00 bits per heavy atom. The van der Waals surface area contributed by atoms with Crippen molar-refractivity contribution in [1.29, 1.82) is 0 Å². The molecule has 162 valence electrons. The zero-order chi connectivity index (χ0) is 21.3. The molecule has 0 spiro atoms. The molecule has 1 saturated carbocycles. The van der Waals surface area contributed by atoms with Gasteiger partial charge < -0.3 is 31.8 Å². The summed E-state index contributed by atoms with van der Waals surface area (Å²) in [6.45, 7) is 10.0. The SMILES string of the molecule is Cc1c(N2CC[C@@H]([C@H](C)N)C2)c(F)cc2[c-]cc(=O)n(C3CC3)c12.[CH2-]CN(C)C.[U+2]. The van der Waals surface area contributed by atoms with Crippen LogP contribution in [0.5, 0.6) is 0 Å². The summed E-state index contributed by atoms with van der Waals surface area (Å²) in [6, 6.07) is 6.27. The molecule has 0 unspecified atom stereocenters. The molecule has 2 aliphatic rings. The van der Waals surface area contributed by atoms with Gasteiger partial charge in [-0.1, -0.05) is 12.1 Å². The molecule has 2 aromatic rings. The van der Waals surface area contributed by atoms with Gasteiger partial charge in [-0.05, 0) is 64.2 Å². The molecule has 2 fully saturated rings. The summed E-state index contributed by atoms with van der Waals surface area (Å²) in [4.78, 5) is 16.4. The Hall–Kier alpha value is -0.868. The normalized spacial score (nSPS) is 19.5. The van der Waals surface area contributed by atoms with Crippen molar-refractivity contribution in [2.24, 2.45) is 11.7 Å². The van der Waals surface area contributed by atoms with Crippen LogP contribution < -0.4 is 16.2 Å². The second-order valence-corrected chi connectivity index (χ2v) is 8.61. The maximum absolute atomic E-state index is 14.8. The third-order valence-electron chi connectivity index (χ3n) is 5.94. The third-order valence-corrected chi connectivity index (χ3v) is 5.94. The molecule has 2 heterocycles. The van der Waals surface area contributed by atoms with Gasteiger partial charge in [-0.3, -0.25) is 0 Å². The van der Waals surface area contributed by atoms with E-state index in [0.717, 1.165) is 50.0 Å². The fourth-order valence-electron chi connectivity index (χ4n) is 4.00. The largest absolute Gasteiger partial charge is 2.00 e. The van der Waals surface area contributed by atoms with E-state index in [2.05, 4.69) is 17.9 Å². The number of hydrogen-bond acceptors (Lipinski definition) is 4. The van der Waals surface area contributed by atoms with Crippen molar-refractivity contribution in [1.82, 2.24) is 9.47 Å². The summed E-state index contributed by atoms with van der Waals surface area (Å²) in [7, 11) is 3.99. The smallest absolute Gasteiger partial charge is 0.386 e. The van der Waals surface area contributed by atoms with Gasteiger partial charge in [0.2, 0.25) is 0 Å². The van der Waals surface area contributed by atoms with Crippen LogP contribution in [0.15, 0.2) is 16.9 Å². The van der Waals surface area contributed by atoms with Gasteiger partial charge in [0, 0.05) is 25.2 Å². The Bertz CT molecular complexity index is 924. The third kappa shape index (κ3) is 5.48. The first-order chi connectivity index (χ1) is 13.7. The first kappa shape index (κ1) is 25.4. The van der Waals surface area contributed by atoms with Crippen LogP contribution in [0, 0.1) is 62.8 Å². The molecule has 1 aliphatic carbocycles. The number of nitrogens with two attached hydrogens (primary N) is 1. The van der Waals surface area contributed by atoms with Crippen LogP contribution >= 0.6 is 0 Å². The van der Waals surface area contributed by atoms with Crippen molar-refractivity contribution in [2.75, 3.05) is 38.6 Å². The molecule has 2 atom stereocenters. The topological polar surface area (TPSA) is 54.5 Å². The van der Waals surface area contributed by atoms with Gasteiger partial charge in [0.05, 0.1) is 5.69 Å². The zero-order valence-electron chi connectivity index (χ0n) is 18.5. The van der Waals surface area contributed by atoms with Gasteiger partial charge in [-0.25, -0.2) is 4.39 Å². The first-order valence-corrected chi connectivity index (χ1v) is 10.4. The Kier molecular flexibility index (Phi) is 9.00. The molecule has 4 rings (SSSR count). The van der Waals surface area contributed by atoms with Crippen molar-refractivity contribution < 1.29 is 35.5 Å². The van der Waals surface area contributed by atoms with Gasteiger partial charge in [-0.15, -0.1) is 18.0 Å². The molecule has 7 heteroatoms.